The third-order valence-corrected chi connectivity index (χ3v) is 3.60. The number of thioether (sulfide) groups is 1. The third kappa shape index (κ3) is 5.18. The van der Waals surface area contributed by atoms with Crippen molar-refractivity contribution >= 4 is 17.7 Å². The molecule has 0 aliphatic carbocycles. The fourth-order valence-electron chi connectivity index (χ4n) is 1.63. The molecule has 1 heterocycles. The molecule has 0 unspecified atom stereocenters. The normalized spacial score (nSPS) is 10.3. The van der Waals surface area contributed by atoms with Gasteiger partial charge in [0.25, 0.3) is 0 Å². The monoisotopic (exact) mass is 275 g/mol. The molecule has 2 aromatic rings. The van der Waals surface area contributed by atoms with Crippen molar-refractivity contribution in [3.63, 3.8) is 0 Å². The van der Waals surface area contributed by atoms with Crippen molar-refractivity contribution in [2.24, 2.45) is 0 Å². The molecule has 1 aromatic carbocycles. The highest BCUT2D eigenvalue weighted by Crippen LogP contribution is 2.16. The number of amides is 1. The fraction of sp³-hybridized carbons (Fsp3) is 0.286. The van der Waals surface area contributed by atoms with E-state index in [0.29, 0.717) is 12.3 Å². The van der Waals surface area contributed by atoms with Crippen molar-refractivity contribution < 1.29 is 4.79 Å². The second kappa shape index (κ2) is 7.63. The van der Waals surface area contributed by atoms with E-state index in [2.05, 4.69) is 10.3 Å². The molecule has 0 radical (unpaired) electrons. The number of hydrogen-bond donors (Lipinski definition) is 1. The Kier molecular flexibility index (Phi) is 5.49. The van der Waals surface area contributed by atoms with Crippen LogP contribution in [0.25, 0.3) is 0 Å². The van der Waals surface area contributed by atoms with Gasteiger partial charge in [0.15, 0.2) is 0 Å². The summed E-state index contributed by atoms with van der Waals surface area (Å²) in [5.74, 6) is 0.550. The maximum absolute atomic E-state index is 11.6. The Labute approximate surface area is 117 Å². The molecule has 0 spiro atoms. The Bertz CT molecular complexity index is 485. The lowest BCUT2D eigenvalue weighted by Gasteiger charge is -2.05. The summed E-state index contributed by atoms with van der Waals surface area (Å²) in [4.78, 5) is 16.7. The van der Waals surface area contributed by atoms with Crippen LogP contribution in [0.5, 0.6) is 0 Å². The highest BCUT2D eigenvalue weighted by molar-refractivity contribution is 8.00. The molecule has 2 rings (SSSR count). The molecule has 0 aliphatic rings. The van der Waals surface area contributed by atoms with Crippen molar-refractivity contribution in [3.05, 3.63) is 49.1 Å². The van der Waals surface area contributed by atoms with E-state index in [0.717, 1.165) is 17.9 Å². The Hall–Kier alpha value is -1.75. The van der Waals surface area contributed by atoms with E-state index in [1.807, 2.05) is 41.1 Å². The lowest BCUT2D eigenvalue weighted by Crippen LogP contribution is -2.26. The molecular formula is C14H17N3OS. The summed E-state index contributed by atoms with van der Waals surface area (Å²) in [5, 5.41) is 2.92. The molecule has 5 heteroatoms. The maximum atomic E-state index is 11.6. The molecule has 0 saturated heterocycles. The summed E-state index contributed by atoms with van der Waals surface area (Å²) < 4.78 is 2.00. The summed E-state index contributed by atoms with van der Waals surface area (Å²) in [7, 11) is 0. The van der Waals surface area contributed by atoms with E-state index in [9.17, 15) is 4.79 Å². The molecule has 1 N–H and O–H groups in total. The third-order valence-electron chi connectivity index (χ3n) is 2.59. The van der Waals surface area contributed by atoms with Crippen molar-refractivity contribution in [2.75, 3.05) is 12.3 Å². The smallest absolute Gasteiger partial charge is 0.230 e. The zero-order valence-corrected chi connectivity index (χ0v) is 11.5. The lowest BCUT2D eigenvalue weighted by atomic mass is 10.4. The number of carbonyl (C=O) groups is 1. The van der Waals surface area contributed by atoms with Crippen LogP contribution in [-0.2, 0) is 11.3 Å². The molecule has 0 atom stereocenters. The molecule has 1 amide bonds. The van der Waals surface area contributed by atoms with Gasteiger partial charge in [-0.05, 0) is 18.6 Å². The zero-order chi connectivity index (χ0) is 13.3. The van der Waals surface area contributed by atoms with Gasteiger partial charge in [0.1, 0.15) is 0 Å². The van der Waals surface area contributed by atoms with Crippen LogP contribution in [0, 0.1) is 0 Å². The summed E-state index contributed by atoms with van der Waals surface area (Å²) in [6.07, 6.45) is 6.38. The number of nitrogens with zero attached hydrogens (tertiary/aromatic N) is 2. The average molecular weight is 275 g/mol. The maximum Gasteiger partial charge on any atom is 0.230 e. The molecule has 100 valence electrons. The van der Waals surface area contributed by atoms with Crippen LogP contribution in [0.15, 0.2) is 53.9 Å². The predicted octanol–water partition coefficient (Wildman–Crippen LogP) is 2.18. The minimum Gasteiger partial charge on any atom is -0.355 e. The molecule has 0 fully saturated rings. The van der Waals surface area contributed by atoms with E-state index >= 15 is 0 Å². The van der Waals surface area contributed by atoms with E-state index in [1.165, 1.54) is 0 Å². The number of aromatic nitrogens is 2. The zero-order valence-electron chi connectivity index (χ0n) is 10.7. The summed E-state index contributed by atoms with van der Waals surface area (Å²) >= 11 is 1.56. The first-order chi connectivity index (χ1) is 9.34. The second-order valence-corrected chi connectivity index (χ2v) is 5.15. The van der Waals surface area contributed by atoms with Crippen LogP contribution >= 0.6 is 11.8 Å². The van der Waals surface area contributed by atoms with Crippen molar-refractivity contribution in [1.82, 2.24) is 14.9 Å². The van der Waals surface area contributed by atoms with Gasteiger partial charge in [0, 0.05) is 30.4 Å². The largest absolute Gasteiger partial charge is 0.355 e. The molecule has 0 bridgehead atoms. The van der Waals surface area contributed by atoms with Gasteiger partial charge in [-0.2, -0.15) is 0 Å². The highest BCUT2D eigenvalue weighted by Gasteiger charge is 2.01. The molecule has 4 nitrogen and oxygen atoms in total. The number of aryl methyl sites for hydroxylation is 1. The van der Waals surface area contributed by atoms with Crippen LogP contribution in [0.3, 0.4) is 0 Å². The number of rotatable bonds is 7. The number of imidazole rings is 1. The van der Waals surface area contributed by atoms with Crippen LogP contribution in [0.4, 0.5) is 0 Å². The van der Waals surface area contributed by atoms with Gasteiger partial charge in [-0.15, -0.1) is 11.8 Å². The second-order valence-electron chi connectivity index (χ2n) is 4.11. The minimum absolute atomic E-state index is 0.0829. The van der Waals surface area contributed by atoms with Gasteiger partial charge < -0.3 is 9.88 Å². The van der Waals surface area contributed by atoms with Gasteiger partial charge in [-0.1, -0.05) is 18.2 Å². The molecule has 0 saturated carbocycles. The van der Waals surface area contributed by atoms with Crippen LogP contribution < -0.4 is 5.32 Å². The molecular weight excluding hydrogens is 258 g/mol. The van der Waals surface area contributed by atoms with E-state index < -0.39 is 0 Å². The molecule has 0 aliphatic heterocycles. The SMILES string of the molecule is O=C(CSc1ccccc1)NCCCn1ccnc1. The van der Waals surface area contributed by atoms with Crippen molar-refractivity contribution in [1.29, 1.82) is 0 Å². The van der Waals surface area contributed by atoms with Crippen molar-refractivity contribution in [3.8, 4) is 0 Å². The Morgan fingerprint density at radius 3 is 2.89 bits per heavy atom. The first kappa shape index (κ1) is 13.7. The van der Waals surface area contributed by atoms with Crippen molar-refractivity contribution in [2.45, 2.75) is 17.9 Å². The fourth-order valence-corrected chi connectivity index (χ4v) is 2.37. The lowest BCUT2D eigenvalue weighted by molar-refractivity contribution is -0.118. The summed E-state index contributed by atoms with van der Waals surface area (Å²) in [6, 6.07) is 9.95. The van der Waals surface area contributed by atoms with Gasteiger partial charge in [0.05, 0.1) is 12.1 Å². The number of nitrogens with one attached hydrogen (secondary N) is 1. The molecule has 19 heavy (non-hydrogen) atoms. The van der Waals surface area contributed by atoms with E-state index in [-0.39, 0.29) is 5.91 Å². The van der Waals surface area contributed by atoms with Crippen LogP contribution in [0.2, 0.25) is 0 Å². The highest BCUT2D eigenvalue weighted by atomic mass is 32.2. The van der Waals surface area contributed by atoms with E-state index in [1.54, 1.807) is 24.3 Å². The van der Waals surface area contributed by atoms with Gasteiger partial charge in [-0.25, -0.2) is 4.98 Å². The molecule has 1 aromatic heterocycles. The predicted molar refractivity (Wildman–Crippen MR) is 77.0 cm³/mol. The van der Waals surface area contributed by atoms with Gasteiger partial charge in [0.2, 0.25) is 5.91 Å². The van der Waals surface area contributed by atoms with Gasteiger partial charge in [-0.3, -0.25) is 4.79 Å². The Morgan fingerprint density at radius 1 is 1.32 bits per heavy atom. The Morgan fingerprint density at radius 2 is 2.16 bits per heavy atom. The standard InChI is InChI=1S/C14H17N3OS/c18-14(11-19-13-5-2-1-3-6-13)16-7-4-9-17-10-8-15-12-17/h1-3,5-6,8,10,12H,4,7,9,11H2,(H,16,18). The van der Waals surface area contributed by atoms with E-state index in [4.69, 9.17) is 0 Å². The Balaban J connectivity index is 1.57. The first-order valence-corrected chi connectivity index (χ1v) is 7.23. The van der Waals surface area contributed by atoms with Gasteiger partial charge >= 0.3 is 0 Å². The summed E-state index contributed by atoms with van der Waals surface area (Å²) in [6.45, 7) is 1.58. The average Bonchev–Trinajstić information content (AvgIpc) is 2.96. The van der Waals surface area contributed by atoms with Crippen LogP contribution in [-0.4, -0.2) is 27.8 Å². The quantitative estimate of drug-likeness (QED) is 0.622. The summed E-state index contributed by atoms with van der Waals surface area (Å²) in [5.41, 5.74) is 0. The number of benzene rings is 1. The number of carbonyl (C=O) groups excluding carboxylic acids is 1. The topological polar surface area (TPSA) is 46.9 Å². The van der Waals surface area contributed by atoms with Crippen LogP contribution in [0.1, 0.15) is 6.42 Å². The number of hydrogen-bond acceptors (Lipinski definition) is 3. The minimum atomic E-state index is 0.0829. The first-order valence-electron chi connectivity index (χ1n) is 6.25.